The molecule has 41 heavy (non-hydrogen) atoms. The highest BCUT2D eigenvalue weighted by Gasteiger charge is 2.52. The molecule has 19 nitrogen and oxygen atoms in total. The molecule has 2 fully saturated rings. The van der Waals surface area contributed by atoms with Crippen molar-refractivity contribution >= 4 is 41.7 Å². The van der Waals surface area contributed by atoms with Crippen LogP contribution in [0.4, 0.5) is 11.8 Å². The van der Waals surface area contributed by atoms with Crippen LogP contribution in [0.1, 0.15) is 12.5 Å². The minimum atomic E-state index is -4.73. The van der Waals surface area contributed by atoms with Crippen LogP contribution in [0.25, 0.3) is 22.3 Å². The van der Waals surface area contributed by atoms with E-state index in [2.05, 4.69) is 36.5 Å². The minimum absolute atomic E-state index is 0.0369. The van der Waals surface area contributed by atoms with Crippen molar-refractivity contribution in [3.05, 3.63) is 41.5 Å². The van der Waals surface area contributed by atoms with Crippen LogP contribution in [0.5, 0.6) is 0 Å². The molecule has 2 aliphatic rings. The number of aliphatic hydroxyl groups excluding tert-OH is 3. The number of aromatic nitrogens is 8. The molecular formula is C21H25N10O9P. The maximum Gasteiger partial charge on any atom is 0.339 e. The average molecular weight is 592 g/mol. The van der Waals surface area contributed by atoms with E-state index in [0.717, 1.165) is 0 Å². The molecular weight excluding hydrogens is 567 g/mol. The van der Waals surface area contributed by atoms with Crippen LogP contribution in [-0.2, 0) is 18.6 Å². The minimum Gasteiger partial charge on any atom is -0.393 e. The molecule has 2 aliphatic heterocycles. The van der Waals surface area contributed by atoms with Crippen LogP contribution in [0.15, 0.2) is 35.9 Å². The third-order valence-electron chi connectivity index (χ3n) is 7.03. The van der Waals surface area contributed by atoms with Crippen molar-refractivity contribution in [2.45, 2.75) is 42.5 Å². The summed E-state index contributed by atoms with van der Waals surface area (Å²) < 4.78 is 33.2. The number of fused-ring (bicyclic) bond motifs is 2. The fraction of sp³-hybridized carbons (Fsp3) is 0.429. The zero-order valence-corrected chi connectivity index (χ0v) is 21.9. The molecule has 1 unspecified atom stereocenters. The van der Waals surface area contributed by atoms with Crippen molar-refractivity contribution in [2.24, 2.45) is 0 Å². The van der Waals surface area contributed by atoms with Crippen molar-refractivity contribution in [3.8, 4) is 0 Å². The molecule has 218 valence electrons. The van der Waals surface area contributed by atoms with Crippen molar-refractivity contribution in [1.82, 2.24) is 39.0 Å². The number of nitrogens with two attached hydrogens (primary N) is 2. The lowest BCUT2D eigenvalue weighted by Gasteiger charge is -2.26. The Hall–Kier alpha value is -3.81. The van der Waals surface area contributed by atoms with Gasteiger partial charge in [-0.2, -0.15) is 4.98 Å². The molecule has 6 heterocycles. The number of H-pyrrole nitrogens is 1. The van der Waals surface area contributed by atoms with Gasteiger partial charge in [0.25, 0.3) is 5.56 Å². The van der Waals surface area contributed by atoms with Gasteiger partial charge in [0.2, 0.25) is 5.95 Å². The summed E-state index contributed by atoms with van der Waals surface area (Å²) in [5.41, 5.74) is 9.77. The van der Waals surface area contributed by atoms with E-state index >= 15 is 0 Å². The van der Waals surface area contributed by atoms with Gasteiger partial charge in [-0.25, -0.2) is 19.9 Å². The van der Waals surface area contributed by atoms with Crippen LogP contribution < -0.4 is 17.0 Å². The van der Waals surface area contributed by atoms with Crippen molar-refractivity contribution < 1.29 is 38.8 Å². The first-order valence-corrected chi connectivity index (χ1v) is 13.8. The second-order valence-corrected chi connectivity index (χ2v) is 11.4. The molecule has 20 heteroatoms. The largest absolute Gasteiger partial charge is 0.393 e. The van der Waals surface area contributed by atoms with Crippen LogP contribution in [0.2, 0.25) is 0 Å². The number of nitrogens with zero attached hydrogens (tertiary/aromatic N) is 7. The number of hydrogen-bond acceptors (Lipinski definition) is 15. The highest BCUT2D eigenvalue weighted by atomic mass is 31.2. The van der Waals surface area contributed by atoms with E-state index in [1.807, 2.05) is 0 Å². The Kier molecular flexibility index (Phi) is 6.63. The van der Waals surface area contributed by atoms with Gasteiger partial charge >= 0.3 is 7.60 Å². The van der Waals surface area contributed by atoms with Gasteiger partial charge in [-0.05, 0) is 5.57 Å². The number of nitrogens with one attached hydrogen (secondary N) is 1. The van der Waals surface area contributed by atoms with E-state index in [4.69, 9.17) is 25.5 Å². The van der Waals surface area contributed by atoms with Crippen LogP contribution >= 0.6 is 7.60 Å². The molecule has 0 spiro atoms. The van der Waals surface area contributed by atoms with E-state index in [1.165, 1.54) is 28.1 Å². The summed E-state index contributed by atoms with van der Waals surface area (Å²) in [5.74, 6) is -0.120. The molecule has 9 N–H and O–H groups in total. The summed E-state index contributed by atoms with van der Waals surface area (Å²) >= 11 is 0. The number of ether oxygens (including phenoxy) is 2. The topological polar surface area (TPSA) is 285 Å². The van der Waals surface area contributed by atoms with Crippen molar-refractivity contribution in [2.75, 3.05) is 24.7 Å². The summed E-state index contributed by atoms with van der Waals surface area (Å²) in [4.78, 5) is 45.8. The lowest BCUT2D eigenvalue weighted by Crippen LogP contribution is -2.34. The molecule has 0 saturated carbocycles. The first-order chi connectivity index (χ1) is 19.5. The Morgan fingerprint density at radius 3 is 2.49 bits per heavy atom. The van der Waals surface area contributed by atoms with Gasteiger partial charge in [-0.15, -0.1) is 0 Å². The zero-order valence-electron chi connectivity index (χ0n) is 21.0. The predicted molar refractivity (Wildman–Crippen MR) is 138 cm³/mol. The maximum atomic E-state index is 13.6. The van der Waals surface area contributed by atoms with E-state index in [0.29, 0.717) is 0 Å². The van der Waals surface area contributed by atoms with Gasteiger partial charge in [-0.3, -0.25) is 23.5 Å². The summed E-state index contributed by atoms with van der Waals surface area (Å²) in [6.07, 6.45) is -4.17. The van der Waals surface area contributed by atoms with Crippen molar-refractivity contribution in [1.29, 1.82) is 0 Å². The third-order valence-corrected chi connectivity index (χ3v) is 8.84. The number of rotatable bonds is 7. The Morgan fingerprint density at radius 2 is 1.76 bits per heavy atom. The molecule has 0 bridgehead atoms. The van der Waals surface area contributed by atoms with Crippen LogP contribution in [0, 0.1) is 0 Å². The van der Waals surface area contributed by atoms with E-state index in [9.17, 15) is 29.6 Å². The number of aromatic amines is 1. The number of anilines is 2. The summed E-state index contributed by atoms with van der Waals surface area (Å²) in [6.45, 7) is 2.61. The van der Waals surface area contributed by atoms with Gasteiger partial charge in [0.1, 0.15) is 41.9 Å². The monoisotopic (exact) mass is 592 g/mol. The fourth-order valence-corrected chi connectivity index (χ4v) is 6.64. The molecule has 4 aromatic heterocycles. The average Bonchev–Trinajstić information content (AvgIpc) is 3.68. The smallest absolute Gasteiger partial charge is 0.339 e. The van der Waals surface area contributed by atoms with Crippen LogP contribution in [-0.4, -0.2) is 103 Å². The highest BCUT2D eigenvalue weighted by Crippen LogP contribution is 2.59. The summed E-state index contributed by atoms with van der Waals surface area (Å²) in [7, 11) is -4.73. The standard InChI is InChI=1S/C21H25N10O9P/c1-7-8(2-32)39-20(31-6-27-11-17(31)28-21(23)29-18(11)35)14(7)41(36,37)38-3-9-12(33)13(34)19(40-9)30-5-26-10-15(22)24-4-25-16(10)30/h4-6,8-9,12-14,19-20,32-34H,1-3H2,(H,36,37)(H2,22,24,25)(H3,23,28,29,35)/t8-,9-,12-,13-,14-,19-,20-/m1/s1. The second kappa shape index (κ2) is 9.93. The molecule has 0 amide bonds. The molecule has 4 aromatic rings. The first kappa shape index (κ1) is 27.4. The van der Waals surface area contributed by atoms with Gasteiger partial charge in [-0.1, -0.05) is 6.58 Å². The molecule has 0 aromatic carbocycles. The number of nitrogen functional groups attached to an aromatic ring is 2. The third kappa shape index (κ3) is 4.39. The maximum absolute atomic E-state index is 13.6. The highest BCUT2D eigenvalue weighted by molar-refractivity contribution is 7.54. The van der Waals surface area contributed by atoms with E-state index < -0.39 is 68.9 Å². The summed E-state index contributed by atoms with van der Waals surface area (Å²) in [5, 5.41) is 31.1. The van der Waals surface area contributed by atoms with E-state index in [-0.39, 0.29) is 39.7 Å². The Labute approximate surface area is 228 Å². The summed E-state index contributed by atoms with van der Waals surface area (Å²) in [6, 6.07) is 0. The molecule has 6 rings (SSSR count). The van der Waals surface area contributed by atoms with E-state index in [1.54, 1.807) is 0 Å². The lowest BCUT2D eigenvalue weighted by atomic mass is 10.1. The first-order valence-electron chi connectivity index (χ1n) is 12.1. The Balaban J connectivity index is 1.25. The Morgan fingerprint density at radius 1 is 1.05 bits per heavy atom. The Bertz CT molecular complexity index is 1760. The van der Waals surface area contributed by atoms with Gasteiger partial charge in [0, 0.05) is 0 Å². The van der Waals surface area contributed by atoms with Crippen molar-refractivity contribution in [3.63, 3.8) is 0 Å². The zero-order chi connectivity index (χ0) is 29.2. The fourth-order valence-electron chi connectivity index (χ4n) is 5.00. The molecule has 8 atom stereocenters. The number of aliphatic hydroxyl groups is 3. The van der Waals surface area contributed by atoms with Crippen LogP contribution in [0.3, 0.4) is 0 Å². The number of hydrogen-bond donors (Lipinski definition) is 7. The van der Waals surface area contributed by atoms with Gasteiger partial charge in [0.15, 0.2) is 35.1 Å². The second-order valence-electron chi connectivity index (χ2n) is 9.48. The van der Waals surface area contributed by atoms with Gasteiger partial charge < -0.3 is 45.7 Å². The quantitative estimate of drug-likeness (QED) is 0.0881. The molecule has 2 saturated heterocycles. The number of imidazole rings is 2. The molecule has 0 aliphatic carbocycles. The normalized spacial score (nSPS) is 30.0. The lowest BCUT2D eigenvalue weighted by molar-refractivity contribution is -0.0495. The van der Waals surface area contributed by atoms with Gasteiger partial charge in [0.05, 0.1) is 25.9 Å². The predicted octanol–water partition coefficient (Wildman–Crippen LogP) is -2.24. The molecule has 0 radical (unpaired) electrons. The SMILES string of the molecule is C=C1[C@@H](P(=O)(O)OC[C@H]2O[C@@H](n3cnc4c(N)ncnc43)[C@H](O)[C@@H]2O)[C@H](n2cnc3c(=O)[nH]c(N)nc32)O[C@@H]1CO.